The third-order valence-electron chi connectivity index (χ3n) is 3.43. The van der Waals surface area contributed by atoms with Crippen molar-refractivity contribution in [3.05, 3.63) is 58.9 Å². The Morgan fingerprint density at radius 2 is 2.10 bits per heavy atom. The van der Waals surface area contributed by atoms with E-state index in [9.17, 15) is 9.50 Å². The third kappa shape index (κ3) is 2.52. The maximum absolute atomic E-state index is 13.4. The van der Waals surface area contributed by atoms with Crippen LogP contribution in [0.5, 0.6) is 5.75 Å². The molecule has 1 aliphatic rings. The van der Waals surface area contributed by atoms with Crippen LogP contribution in [0.15, 0.2) is 47.5 Å². The highest BCUT2D eigenvalue weighted by atomic mass is 35.5. The topological polar surface area (TPSA) is 61.9 Å². The van der Waals surface area contributed by atoms with Crippen LogP contribution >= 0.6 is 11.6 Å². The maximum Gasteiger partial charge on any atom is 0.196 e. The molecule has 21 heavy (non-hydrogen) atoms. The number of anilines is 1. The summed E-state index contributed by atoms with van der Waals surface area (Å²) in [7, 11) is 0. The van der Waals surface area contributed by atoms with Gasteiger partial charge in [-0.1, -0.05) is 23.7 Å². The summed E-state index contributed by atoms with van der Waals surface area (Å²) in [5, 5.41) is 9.77. The molecule has 1 unspecified atom stereocenters. The predicted molar refractivity (Wildman–Crippen MR) is 81.2 cm³/mol. The van der Waals surface area contributed by atoms with Gasteiger partial charge in [0.15, 0.2) is 5.96 Å². The molecule has 3 rings (SSSR count). The lowest BCUT2D eigenvalue weighted by molar-refractivity contribution is 0.475. The number of hydrogen-bond donors (Lipinski definition) is 2. The molecule has 0 aliphatic carbocycles. The molecule has 1 heterocycles. The summed E-state index contributed by atoms with van der Waals surface area (Å²) in [5.41, 5.74) is 7.41. The van der Waals surface area contributed by atoms with Crippen molar-refractivity contribution in [1.29, 1.82) is 0 Å². The highest BCUT2D eigenvalue weighted by Crippen LogP contribution is 2.34. The summed E-state index contributed by atoms with van der Waals surface area (Å²) >= 11 is 5.95. The van der Waals surface area contributed by atoms with Crippen LogP contribution in [-0.2, 0) is 0 Å². The largest absolute Gasteiger partial charge is 0.506 e. The average Bonchev–Trinajstić information content (AvgIpc) is 2.84. The molecule has 6 heteroatoms. The lowest BCUT2D eigenvalue weighted by atomic mass is 10.1. The van der Waals surface area contributed by atoms with Crippen LogP contribution in [0.1, 0.15) is 11.6 Å². The van der Waals surface area contributed by atoms with Gasteiger partial charge in [-0.05, 0) is 35.9 Å². The molecule has 4 nitrogen and oxygen atoms in total. The molecule has 0 amide bonds. The van der Waals surface area contributed by atoms with Gasteiger partial charge in [0.2, 0.25) is 0 Å². The van der Waals surface area contributed by atoms with Gasteiger partial charge in [-0.3, -0.25) is 4.99 Å². The van der Waals surface area contributed by atoms with E-state index in [0.29, 0.717) is 18.2 Å². The second kappa shape index (κ2) is 5.26. The second-order valence-electron chi connectivity index (χ2n) is 4.78. The summed E-state index contributed by atoms with van der Waals surface area (Å²) < 4.78 is 13.4. The molecular formula is C15H13ClFN3O. The fraction of sp³-hybridized carbons (Fsp3) is 0.133. The van der Waals surface area contributed by atoms with Crippen LogP contribution in [0.25, 0.3) is 0 Å². The molecule has 1 aliphatic heterocycles. The van der Waals surface area contributed by atoms with Crippen molar-refractivity contribution >= 4 is 23.2 Å². The minimum absolute atomic E-state index is 0.0182. The lowest BCUT2D eigenvalue weighted by Crippen LogP contribution is -2.36. The number of nitrogens with zero attached hydrogens (tertiary/aromatic N) is 2. The number of benzene rings is 2. The molecule has 0 radical (unpaired) electrons. The van der Waals surface area contributed by atoms with Gasteiger partial charge < -0.3 is 15.7 Å². The van der Waals surface area contributed by atoms with Gasteiger partial charge in [-0.15, -0.1) is 0 Å². The summed E-state index contributed by atoms with van der Waals surface area (Å²) in [4.78, 5) is 5.98. The predicted octanol–water partition coefficient (Wildman–Crippen LogP) is 3.06. The summed E-state index contributed by atoms with van der Waals surface area (Å²) in [6.45, 7) is 0.448. The third-order valence-corrected chi connectivity index (χ3v) is 3.73. The first kappa shape index (κ1) is 13.7. The number of phenolic OH excluding ortho intramolecular Hbond substituents is 1. The summed E-state index contributed by atoms with van der Waals surface area (Å²) in [6, 6.07) is 10.9. The fourth-order valence-electron chi connectivity index (χ4n) is 2.42. The number of nitrogens with two attached hydrogens (primary N) is 1. The molecule has 108 valence electrons. The molecule has 0 bridgehead atoms. The van der Waals surface area contributed by atoms with Crippen LogP contribution in [0.4, 0.5) is 10.1 Å². The van der Waals surface area contributed by atoms with Gasteiger partial charge in [0, 0.05) is 5.69 Å². The van der Waals surface area contributed by atoms with Crippen molar-refractivity contribution in [2.75, 3.05) is 11.4 Å². The minimum Gasteiger partial charge on any atom is -0.506 e. The molecule has 0 spiro atoms. The number of rotatable bonds is 2. The van der Waals surface area contributed by atoms with E-state index < -0.39 is 0 Å². The molecule has 0 fully saturated rings. The first-order valence-corrected chi connectivity index (χ1v) is 6.77. The number of phenols is 1. The first-order chi connectivity index (χ1) is 10.1. The zero-order chi connectivity index (χ0) is 15.0. The molecule has 2 aromatic carbocycles. The number of aromatic hydroxyl groups is 1. The van der Waals surface area contributed by atoms with E-state index in [1.165, 1.54) is 18.2 Å². The fourth-order valence-corrected chi connectivity index (χ4v) is 2.61. The summed E-state index contributed by atoms with van der Waals surface area (Å²) in [5.74, 6) is 0.00842. The van der Waals surface area contributed by atoms with Crippen molar-refractivity contribution < 1.29 is 9.50 Å². The monoisotopic (exact) mass is 305 g/mol. The van der Waals surface area contributed by atoms with Gasteiger partial charge in [-0.2, -0.15) is 0 Å². The van der Waals surface area contributed by atoms with Crippen LogP contribution in [-0.4, -0.2) is 17.6 Å². The SMILES string of the molecule is NC1=NCC(c2ccc(O)c(Cl)c2)N1c1cccc(F)c1. The van der Waals surface area contributed by atoms with Crippen LogP contribution in [0.3, 0.4) is 0 Å². The van der Waals surface area contributed by atoms with E-state index in [1.54, 1.807) is 29.2 Å². The molecule has 3 N–H and O–H groups in total. The molecule has 0 saturated heterocycles. The quantitative estimate of drug-likeness (QED) is 0.896. The van der Waals surface area contributed by atoms with Crippen molar-refractivity contribution in [2.24, 2.45) is 10.7 Å². The van der Waals surface area contributed by atoms with Crippen LogP contribution in [0.2, 0.25) is 5.02 Å². The number of guanidine groups is 1. The Bertz CT molecular complexity index is 720. The molecule has 2 aromatic rings. The molecular weight excluding hydrogens is 293 g/mol. The number of halogens is 2. The van der Waals surface area contributed by atoms with E-state index in [2.05, 4.69) is 4.99 Å². The minimum atomic E-state index is -0.338. The van der Waals surface area contributed by atoms with Crippen LogP contribution in [0, 0.1) is 5.82 Å². The average molecular weight is 306 g/mol. The molecule has 0 saturated carbocycles. The Balaban J connectivity index is 2.00. The Labute approximate surface area is 126 Å². The van der Waals surface area contributed by atoms with Gasteiger partial charge in [0.25, 0.3) is 0 Å². The van der Waals surface area contributed by atoms with Gasteiger partial charge in [-0.25, -0.2) is 4.39 Å². The van der Waals surface area contributed by atoms with E-state index in [1.807, 2.05) is 0 Å². The highest BCUT2D eigenvalue weighted by Gasteiger charge is 2.29. The van der Waals surface area contributed by atoms with Gasteiger partial charge in [0.1, 0.15) is 11.6 Å². The van der Waals surface area contributed by atoms with Gasteiger partial charge in [0.05, 0.1) is 17.6 Å². The first-order valence-electron chi connectivity index (χ1n) is 6.39. The Hall–Kier alpha value is -2.27. The number of aliphatic imine (C=N–C) groups is 1. The van der Waals surface area contributed by atoms with Crippen LogP contribution < -0.4 is 10.6 Å². The van der Waals surface area contributed by atoms with Crippen molar-refractivity contribution in [3.63, 3.8) is 0 Å². The zero-order valence-corrected chi connectivity index (χ0v) is 11.8. The molecule has 1 atom stereocenters. The lowest BCUT2D eigenvalue weighted by Gasteiger charge is -2.26. The van der Waals surface area contributed by atoms with Crippen molar-refractivity contribution in [2.45, 2.75) is 6.04 Å². The Morgan fingerprint density at radius 3 is 2.81 bits per heavy atom. The molecule has 0 aromatic heterocycles. The summed E-state index contributed by atoms with van der Waals surface area (Å²) in [6.07, 6.45) is 0. The van der Waals surface area contributed by atoms with E-state index >= 15 is 0 Å². The van der Waals surface area contributed by atoms with E-state index in [4.69, 9.17) is 17.3 Å². The second-order valence-corrected chi connectivity index (χ2v) is 5.18. The Kier molecular flexibility index (Phi) is 3.43. The maximum atomic E-state index is 13.4. The van der Waals surface area contributed by atoms with Crippen molar-refractivity contribution in [3.8, 4) is 5.75 Å². The number of hydrogen-bond acceptors (Lipinski definition) is 4. The van der Waals surface area contributed by atoms with E-state index in [-0.39, 0.29) is 22.6 Å². The standard InChI is InChI=1S/C15H13ClFN3O/c16-12-6-9(4-5-14(12)21)13-8-19-15(18)20(13)11-3-1-2-10(17)7-11/h1-7,13,21H,8H2,(H2,18,19). The van der Waals surface area contributed by atoms with Crippen molar-refractivity contribution in [1.82, 2.24) is 0 Å². The zero-order valence-electron chi connectivity index (χ0n) is 11.0. The smallest absolute Gasteiger partial charge is 0.196 e. The van der Waals surface area contributed by atoms with E-state index in [0.717, 1.165) is 5.56 Å². The normalized spacial score (nSPS) is 17.9. The van der Waals surface area contributed by atoms with Gasteiger partial charge >= 0.3 is 0 Å². The Morgan fingerprint density at radius 1 is 1.29 bits per heavy atom. The highest BCUT2D eigenvalue weighted by molar-refractivity contribution is 6.32.